The largest absolute Gasteiger partial charge is 0.484 e. The van der Waals surface area contributed by atoms with Crippen LogP contribution in [0.5, 0.6) is 5.75 Å². The van der Waals surface area contributed by atoms with Gasteiger partial charge < -0.3 is 4.74 Å². The number of halogens is 1. The zero-order valence-electron chi connectivity index (χ0n) is 13.0. The highest BCUT2D eigenvalue weighted by Crippen LogP contribution is 2.33. The van der Waals surface area contributed by atoms with Gasteiger partial charge in [-0.25, -0.2) is 9.37 Å². The molecule has 4 nitrogen and oxygen atoms in total. The average Bonchev–Trinajstić information content (AvgIpc) is 2.63. The summed E-state index contributed by atoms with van der Waals surface area (Å²) < 4.78 is 19.2. The van der Waals surface area contributed by atoms with E-state index in [0.717, 1.165) is 11.1 Å². The molecule has 0 aliphatic heterocycles. The van der Waals surface area contributed by atoms with Crippen molar-refractivity contribution in [1.82, 2.24) is 9.97 Å². The van der Waals surface area contributed by atoms with Gasteiger partial charge in [0, 0.05) is 18.0 Å². The van der Waals surface area contributed by atoms with Crippen molar-refractivity contribution < 1.29 is 9.13 Å². The van der Waals surface area contributed by atoms with Crippen LogP contribution in [-0.4, -0.2) is 9.97 Å². The van der Waals surface area contributed by atoms with E-state index >= 15 is 0 Å². The zero-order valence-corrected chi connectivity index (χ0v) is 13.0. The third kappa shape index (κ3) is 3.39. The molecule has 0 aliphatic rings. The molecule has 0 saturated heterocycles. The zero-order chi connectivity index (χ0) is 16.9. The molecule has 0 bridgehead atoms. The molecule has 1 aromatic carbocycles. The Kier molecular flexibility index (Phi) is 4.48. The van der Waals surface area contributed by atoms with Crippen LogP contribution >= 0.6 is 0 Å². The van der Waals surface area contributed by atoms with E-state index in [1.807, 2.05) is 25.1 Å². The molecule has 0 aliphatic carbocycles. The minimum atomic E-state index is -0.319. The molecule has 0 saturated carbocycles. The molecule has 2 heterocycles. The molecule has 1 unspecified atom stereocenters. The van der Waals surface area contributed by atoms with Gasteiger partial charge in [-0.1, -0.05) is 12.1 Å². The molecule has 3 aromatic rings. The molecule has 118 valence electrons. The van der Waals surface area contributed by atoms with Crippen molar-refractivity contribution in [2.75, 3.05) is 0 Å². The Bertz CT molecular complexity index is 873. The number of ether oxygens (including phenoxy) is 1. The Labute approximate surface area is 139 Å². The Morgan fingerprint density at radius 3 is 2.50 bits per heavy atom. The van der Waals surface area contributed by atoms with Crippen molar-refractivity contribution >= 4 is 0 Å². The molecule has 3 rings (SSSR count). The first-order valence-corrected chi connectivity index (χ1v) is 7.40. The Morgan fingerprint density at radius 1 is 1.12 bits per heavy atom. The van der Waals surface area contributed by atoms with Crippen molar-refractivity contribution in [2.24, 2.45) is 0 Å². The van der Waals surface area contributed by atoms with Crippen LogP contribution in [0.4, 0.5) is 4.39 Å². The molecule has 0 N–H and O–H groups in total. The lowest BCUT2D eigenvalue weighted by molar-refractivity contribution is 0.227. The van der Waals surface area contributed by atoms with Gasteiger partial charge in [0.1, 0.15) is 29.4 Å². The lowest BCUT2D eigenvalue weighted by Crippen LogP contribution is -2.05. The third-order valence-electron chi connectivity index (χ3n) is 3.62. The van der Waals surface area contributed by atoms with Crippen LogP contribution in [0.25, 0.3) is 11.1 Å². The number of aromatic nitrogens is 2. The number of rotatable bonds is 4. The van der Waals surface area contributed by atoms with Gasteiger partial charge in [-0.3, -0.25) is 4.98 Å². The normalized spacial score (nSPS) is 11.5. The first-order chi connectivity index (χ1) is 11.7. The molecule has 5 heteroatoms. The van der Waals surface area contributed by atoms with Crippen LogP contribution < -0.4 is 4.74 Å². The highest BCUT2D eigenvalue weighted by atomic mass is 19.1. The summed E-state index contributed by atoms with van der Waals surface area (Å²) in [5, 5.41) is 9.08. The van der Waals surface area contributed by atoms with E-state index in [1.165, 1.54) is 18.3 Å². The van der Waals surface area contributed by atoms with Crippen molar-refractivity contribution in [2.45, 2.75) is 13.0 Å². The van der Waals surface area contributed by atoms with Gasteiger partial charge in [0.25, 0.3) is 0 Å². The topological polar surface area (TPSA) is 58.8 Å². The van der Waals surface area contributed by atoms with Crippen molar-refractivity contribution in [3.05, 3.63) is 78.1 Å². The van der Waals surface area contributed by atoms with Crippen LogP contribution in [-0.2, 0) is 0 Å². The van der Waals surface area contributed by atoms with Gasteiger partial charge in [-0.05, 0) is 48.4 Å². The standard InChI is InChI=1S/C19H14FN3O/c1-13(14-6-8-22-9-7-14)24-19-12-23-17(11-21)10-18(19)15-2-4-16(20)5-3-15/h2-10,12-13H,1H3. The summed E-state index contributed by atoms with van der Waals surface area (Å²) in [7, 11) is 0. The fourth-order valence-corrected chi connectivity index (χ4v) is 2.35. The maximum atomic E-state index is 13.2. The smallest absolute Gasteiger partial charge is 0.146 e. The summed E-state index contributed by atoms with van der Waals surface area (Å²) in [5.74, 6) is 0.214. The minimum absolute atomic E-state index is 0.220. The van der Waals surface area contributed by atoms with E-state index in [4.69, 9.17) is 10.00 Å². The summed E-state index contributed by atoms with van der Waals surface area (Å²) in [6, 6.07) is 13.4. The van der Waals surface area contributed by atoms with Gasteiger partial charge in [0.15, 0.2) is 0 Å². The molecule has 0 radical (unpaired) electrons. The van der Waals surface area contributed by atoms with E-state index in [2.05, 4.69) is 9.97 Å². The van der Waals surface area contributed by atoms with E-state index in [9.17, 15) is 4.39 Å². The Morgan fingerprint density at radius 2 is 1.83 bits per heavy atom. The summed E-state index contributed by atoms with van der Waals surface area (Å²) in [6.45, 7) is 1.92. The SMILES string of the molecule is CC(Oc1cnc(C#N)cc1-c1ccc(F)cc1)c1ccncc1. The average molecular weight is 319 g/mol. The first kappa shape index (κ1) is 15.6. The predicted molar refractivity (Wildman–Crippen MR) is 87.6 cm³/mol. The molecule has 1 atom stereocenters. The minimum Gasteiger partial charge on any atom is -0.484 e. The number of benzene rings is 1. The summed E-state index contributed by atoms with van der Waals surface area (Å²) >= 11 is 0. The Hall–Kier alpha value is -3.26. The van der Waals surface area contributed by atoms with Gasteiger partial charge >= 0.3 is 0 Å². The van der Waals surface area contributed by atoms with Gasteiger partial charge in [-0.15, -0.1) is 0 Å². The van der Waals surface area contributed by atoms with Gasteiger partial charge in [-0.2, -0.15) is 5.26 Å². The molecule has 0 amide bonds. The highest BCUT2D eigenvalue weighted by Gasteiger charge is 2.13. The predicted octanol–water partition coefficient (Wildman–Crippen LogP) is 4.29. The van der Waals surface area contributed by atoms with E-state index < -0.39 is 0 Å². The van der Waals surface area contributed by atoms with Gasteiger partial charge in [0.05, 0.1) is 6.20 Å². The van der Waals surface area contributed by atoms with Crippen molar-refractivity contribution in [1.29, 1.82) is 5.26 Å². The molecule has 0 fully saturated rings. The number of hydrogen-bond donors (Lipinski definition) is 0. The third-order valence-corrected chi connectivity index (χ3v) is 3.62. The molecule has 24 heavy (non-hydrogen) atoms. The van der Waals surface area contributed by atoms with E-state index in [-0.39, 0.29) is 17.6 Å². The second kappa shape index (κ2) is 6.88. The Balaban J connectivity index is 1.98. The number of nitriles is 1. The fraction of sp³-hybridized carbons (Fsp3) is 0.105. The summed E-state index contributed by atoms with van der Waals surface area (Å²) in [5.41, 5.74) is 2.70. The van der Waals surface area contributed by atoms with Crippen molar-refractivity contribution in [3.63, 3.8) is 0 Å². The monoisotopic (exact) mass is 319 g/mol. The lowest BCUT2D eigenvalue weighted by Gasteiger charge is -2.17. The maximum absolute atomic E-state index is 13.2. The highest BCUT2D eigenvalue weighted by molar-refractivity contribution is 5.71. The molecular formula is C19H14FN3O. The van der Waals surface area contributed by atoms with Crippen LogP contribution in [0.15, 0.2) is 61.1 Å². The second-order valence-electron chi connectivity index (χ2n) is 5.23. The fourth-order valence-electron chi connectivity index (χ4n) is 2.35. The van der Waals surface area contributed by atoms with Crippen LogP contribution in [0.2, 0.25) is 0 Å². The number of pyridine rings is 2. The van der Waals surface area contributed by atoms with Crippen LogP contribution in [0.1, 0.15) is 24.3 Å². The van der Waals surface area contributed by atoms with E-state index in [1.54, 1.807) is 30.6 Å². The first-order valence-electron chi connectivity index (χ1n) is 7.40. The lowest BCUT2D eigenvalue weighted by atomic mass is 10.0. The van der Waals surface area contributed by atoms with E-state index in [0.29, 0.717) is 11.3 Å². The summed E-state index contributed by atoms with van der Waals surface area (Å²) in [6.07, 6.45) is 4.71. The van der Waals surface area contributed by atoms with Crippen molar-refractivity contribution in [3.8, 4) is 22.9 Å². The number of hydrogen-bond acceptors (Lipinski definition) is 4. The number of nitrogens with zero attached hydrogens (tertiary/aromatic N) is 3. The second-order valence-corrected chi connectivity index (χ2v) is 5.23. The van der Waals surface area contributed by atoms with Crippen LogP contribution in [0.3, 0.4) is 0 Å². The molecular weight excluding hydrogens is 305 g/mol. The molecule has 0 spiro atoms. The van der Waals surface area contributed by atoms with Crippen LogP contribution in [0, 0.1) is 17.1 Å². The maximum Gasteiger partial charge on any atom is 0.146 e. The quantitative estimate of drug-likeness (QED) is 0.719. The summed E-state index contributed by atoms with van der Waals surface area (Å²) in [4.78, 5) is 8.07. The molecule has 2 aromatic heterocycles. The van der Waals surface area contributed by atoms with Gasteiger partial charge in [0.2, 0.25) is 0 Å².